The van der Waals surface area contributed by atoms with Crippen molar-refractivity contribution in [2.24, 2.45) is 5.90 Å². The summed E-state index contributed by atoms with van der Waals surface area (Å²) in [4.78, 5) is 11.6. The number of aryl methyl sites for hydroxylation is 1. The van der Waals surface area contributed by atoms with Gasteiger partial charge in [-0.3, -0.25) is 0 Å². The lowest BCUT2D eigenvalue weighted by Crippen LogP contribution is -2.49. The summed E-state index contributed by atoms with van der Waals surface area (Å²) >= 11 is 0. The van der Waals surface area contributed by atoms with Crippen LogP contribution in [0.5, 0.6) is 5.75 Å². The summed E-state index contributed by atoms with van der Waals surface area (Å²) in [7, 11) is 1.67. The van der Waals surface area contributed by atoms with Gasteiger partial charge in [-0.25, -0.2) is 15.3 Å². The van der Waals surface area contributed by atoms with Gasteiger partial charge in [0.05, 0.1) is 37.0 Å². The molecule has 0 aliphatic carbocycles. The number of aromatic nitrogens is 2. The van der Waals surface area contributed by atoms with Crippen LogP contribution in [0, 0.1) is 12.7 Å². The molecule has 178 valence electrons. The molecule has 0 spiro atoms. The Morgan fingerprint density at radius 3 is 2.65 bits per heavy atom. The number of rotatable bonds is 7. The van der Waals surface area contributed by atoms with Crippen LogP contribution in [0.15, 0.2) is 72.8 Å². The zero-order valence-corrected chi connectivity index (χ0v) is 19.9. The van der Waals surface area contributed by atoms with Gasteiger partial charge >= 0.3 is 0 Å². The van der Waals surface area contributed by atoms with Crippen molar-refractivity contribution < 1.29 is 14.0 Å². The fourth-order valence-corrected chi connectivity index (χ4v) is 4.62. The second-order valence-electron chi connectivity index (χ2n) is 8.82. The highest BCUT2D eigenvalue weighted by atomic mass is 19.1. The van der Waals surface area contributed by atoms with Crippen LogP contribution in [0.25, 0.3) is 11.8 Å². The summed E-state index contributed by atoms with van der Waals surface area (Å²) in [5.74, 6) is 6.01. The number of allylic oxidation sites excluding steroid dienone is 1. The van der Waals surface area contributed by atoms with E-state index in [0.717, 1.165) is 58.9 Å². The average Bonchev–Trinajstić information content (AvgIpc) is 3.26. The van der Waals surface area contributed by atoms with Crippen molar-refractivity contribution in [3.8, 4) is 11.4 Å². The predicted octanol–water partition coefficient (Wildman–Crippen LogP) is 5.13. The third-order valence-corrected chi connectivity index (χ3v) is 6.49. The molecule has 0 amide bonds. The Hall–Kier alpha value is -3.42. The Kier molecular flexibility index (Phi) is 6.86. The first-order chi connectivity index (χ1) is 16.4. The van der Waals surface area contributed by atoms with Crippen LogP contribution < -0.4 is 10.6 Å². The lowest BCUT2D eigenvalue weighted by atomic mass is 9.86. The minimum absolute atomic E-state index is 0.248. The number of imidazole rings is 1. The maximum Gasteiger partial charge on any atom is 0.143 e. The third-order valence-electron chi connectivity index (χ3n) is 6.49. The van der Waals surface area contributed by atoms with Crippen molar-refractivity contribution in [3.63, 3.8) is 0 Å². The van der Waals surface area contributed by atoms with Crippen LogP contribution in [-0.4, -0.2) is 34.7 Å². The summed E-state index contributed by atoms with van der Waals surface area (Å²) in [6.45, 7) is 9.47. The van der Waals surface area contributed by atoms with Gasteiger partial charge in [-0.1, -0.05) is 24.8 Å². The van der Waals surface area contributed by atoms with Crippen LogP contribution in [0.1, 0.15) is 36.6 Å². The van der Waals surface area contributed by atoms with Gasteiger partial charge in [-0.2, -0.15) is 0 Å². The van der Waals surface area contributed by atoms with Crippen LogP contribution in [-0.2, 0) is 10.4 Å². The van der Waals surface area contributed by atoms with E-state index in [2.05, 4.69) is 28.6 Å². The Morgan fingerprint density at radius 2 is 2.00 bits per heavy atom. The van der Waals surface area contributed by atoms with E-state index in [1.54, 1.807) is 25.6 Å². The molecule has 2 aromatic carbocycles. The summed E-state index contributed by atoms with van der Waals surface area (Å²) in [6, 6.07) is 12.6. The van der Waals surface area contributed by atoms with Crippen molar-refractivity contribution in [2.45, 2.75) is 32.2 Å². The molecule has 1 unspecified atom stereocenters. The fraction of sp³-hybridized carbons (Fsp3) is 0.296. The number of benzene rings is 2. The SMILES string of the molecule is C=C1/C(=C/c2ccc(-n3cnc(C)c3)c(OC)c2)CCCN1C(C)(CON)c1ccc(F)cc1. The smallest absolute Gasteiger partial charge is 0.143 e. The summed E-state index contributed by atoms with van der Waals surface area (Å²) < 4.78 is 21.2. The molecule has 1 aliphatic heterocycles. The molecule has 1 fully saturated rings. The van der Waals surface area contributed by atoms with Crippen molar-refractivity contribution in [3.05, 3.63) is 95.5 Å². The van der Waals surface area contributed by atoms with Gasteiger partial charge in [0, 0.05) is 18.4 Å². The number of hydrogen-bond donors (Lipinski definition) is 1. The van der Waals surface area contributed by atoms with Crippen LogP contribution in [0.3, 0.4) is 0 Å². The van der Waals surface area contributed by atoms with Crippen molar-refractivity contribution in [1.29, 1.82) is 0 Å². The molecular weight excluding hydrogens is 431 g/mol. The fourth-order valence-electron chi connectivity index (χ4n) is 4.62. The highest BCUT2D eigenvalue weighted by molar-refractivity contribution is 5.63. The minimum atomic E-state index is -0.583. The Labute approximate surface area is 200 Å². The van der Waals surface area contributed by atoms with E-state index >= 15 is 0 Å². The molecule has 34 heavy (non-hydrogen) atoms. The summed E-state index contributed by atoms with van der Waals surface area (Å²) in [6.07, 6.45) is 7.75. The van der Waals surface area contributed by atoms with Gasteiger partial charge < -0.3 is 19.0 Å². The number of nitrogens with two attached hydrogens (primary N) is 1. The van der Waals surface area contributed by atoms with Gasteiger partial charge in [0.1, 0.15) is 11.6 Å². The molecule has 6 nitrogen and oxygen atoms in total. The number of nitrogens with zero attached hydrogens (tertiary/aromatic N) is 3. The molecule has 0 radical (unpaired) electrons. The average molecular weight is 463 g/mol. The molecular formula is C27H31FN4O2. The number of halogens is 1. The quantitative estimate of drug-likeness (QED) is 0.493. The van der Waals surface area contributed by atoms with E-state index < -0.39 is 5.54 Å². The maximum absolute atomic E-state index is 13.6. The van der Waals surface area contributed by atoms with Crippen LogP contribution in [0.2, 0.25) is 0 Å². The number of likely N-dealkylation sites (tertiary alicyclic amines) is 1. The van der Waals surface area contributed by atoms with Gasteiger partial charge in [-0.05, 0) is 73.7 Å². The maximum atomic E-state index is 13.6. The van der Waals surface area contributed by atoms with Gasteiger partial charge in [0.2, 0.25) is 0 Å². The highest BCUT2D eigenvalue weighted by Gasteiger charge is 2.37. The first-order valence-corrected chi connectivity index (χ1v) is 11.3. The van der Waals surface area contributed by atoms with Crippen LogP contribution >= 0.6 is 0 Å². The minimum Gasteiger partial charge on any atom is -0.495 e. The zero-order chi connectivity index (χ0) is 24.3. The lowest BCUT2D eigenvalue weighted by molar-refractivity contribution is 0.0124. The normalized spacial score (nSPS) is 17.1. The standard InChI is InChI=1S/C27H31FN4O2/c1-19-16-31(18-30-19)25-12-7-21(15-26(25)33-4)14-22-6-5-13-32(20(22)2)27(3,17-34-29)23-8-10-24(28)11-9-23/h7-12,14-16,18H,2,5-6,13,17,29H2,1,3-4H3/b22-14+. The van der Waals surface area contributed by atoms with E-state index in [1.807, 2.05) is 36.7 Å². The third kappa shape index (κ3) is 4.62. The first-order valence-electron chi connectivity index (χ1n) is 11.3. The van der Waals surface area contributed by atoms with E-state index in [4.69, 9.17) is 15.5 Å². The predicted molar refractivity (Wildman–Crippen MR) is 132 cm³/mol. The largest absolute Gasteiger partial charge is 0.495 e. The monoisotopic (exact) mass is 462 g/mol. The molecule has 0 bridgehead atoms. The van der Waals surface area contributed by atoms with Crippen molar-refractivity contribution >= 4 is 6.08 Å². The Morgan fingerprint density at radius 1 is 1.24 bits per heavy atom. The molecule has 3 aromatic rings. The lowest BCUT2D eigenvalue weighted by Gasteiger charge is -2.46. The second-order valence-corrected chi connectivity index (χ2v) is 8.82. The van der Waals surface area contributed by atoms with Crippen molar-refractivity contribution in [1.82, 2.24) is 14.5 Å². The molecule has 1 atom stereocenters. The number of methoxy groups -OCH3 is 1. The first kappa shape index (κ1) is 23.7. The molecule has 2 N–H and O–H groups in total. The van der Waals surface area contributed by atoms with E-state index in [-0.39, 0.29) is 12.4 Å². The van der Waals surface area contributed by atoms with Crippen molar-refractivity contribution in [2.75, 3.05) is 20.3 Å². The van der Waals surface area contributed by atoms with Gasteiger partial charge in [0.15, 0.2) is 0 Å². The highest BCUT2D eigenvalue weighted by Crippen LogP contribution is 2.39. The van der Waals surface area contributed by atoms with Gasteiger partial charge in [0.25, 0.3) is 0 Å². The van der Waals surface area contributed by atoms with Crippen LogP contribution in [0.4, 0.5) is 4.39 Å². The Balaban J connectivity index is 1.66. The number of piperidine rings is 1. The molecule has 1 saturated heterocycles. The molecule has 4 rings (SSSR count). The zero-order valence-electron chi connectivity index (χ0n) is 19.9. The Bertz CT molecular complexity index is 1200. The molecule has 2 heterocycles. The van der Waals surface area contributed by atoms with E-state index in [9.17, 15) is 4.39 Å². The van der Waals surface area contributed by atoms with E-state index in [1.165, 1.54) is 12.1 Å². The number of hydrogen-bond acceptors (Lipinski definition) is 5. The molecule has 1 aliphatic rings. The molecule has 1 aromatic heterocycles. The van der Waals surface area contributed by atoms with E-state index in [0.29, 0.717) is 0 Å². The second kappa shape index (κ2) is 9.83. The molecule has 7 heteroatoms. The summed E-state index contributed by atoms with van der Waals surface area (Å²) in [5.41, 5.74) is 5.27. The number of ether oxygens (including phenoxy) is 1. The summed E-state index contributed by atoms with van der Waals surface area (Å²) in [5, 5.41) is 0. The molecule has 0 saturated carbocycles. The van der Waals surface area contributed by atoms with Gasteiger partial charge in [-0.15, -0.1) is 0 Å². The topological polar surface area (TPSA) is 65.5 Å².